The SMILES string of the molecule is CN(Cc1ccccc1)C[C@@H]1C[C@H](c2ccc(CO)cc2)O[C@H](c2ccc(NC(=O)CCCCCCC(=O)NO)cc2)O1. The van der Waals surface area contributed by atoms with Gasteiger partial charge in [-0.05, 0) is 48.7 Å². The van der Waals surface area contributed by atoms with E-state index in [9.17, 15) is 14.7 Å². The Labute approximate surface area is 253 Å². The fourth-order valence-electron chi connectivity index (χ4n) is 5.27. The van der Waals surface area contributed by atoms with Crippen LogP contribution in [0, 0.1) is 0 Å². The number of amides is 2. The predicted octanol–water partition coefficient (Wildman–Crippen LogP) is 5.64. The van der Waals surface area contributed by atoms with Crippen LogP contribution < -0.4 is 10.8 Å². The van der Waals surface area contributed by atoms with Gasteiger partial charge in [0.15, 0.2) is 6.29 Å². The molecule has 0 bridgehead atoms. The number of aliphatic hydroxyl groups excluding tert-OH is 1. The van der Waals surface area contributed by atoms with Gasteiger partial charge in [0.2, 0.25) is 11.8 Å². The lowest BCUT2D eigenvalue weighted by molar-refractivity contribution is -0.252. The van der Waals surface area contributed by atoms with Gasteiger partial charge in [-0.1, -0.05) is 79.6 Å². The van der Waals surface area contributed by atoms with E-state index in [4.69, 9.17) is 14.7 Å². The van der Waals surface area contributed by atoms with Gasteiger partial charge in [0, 0.05) is 43.6 Å². The Bertz CT molecular complexity index is 1270. The molecule has 0 radical (unpaired) electrons. The van der Waals surface area contributed by atoms with E-state index >= 15 is 0 Å². The number of nitrogens with one attached hydrogen (secondary N) is 2. The maximum absolute atomic E-state index is 12.4. The van der Waals surface area contributed by atoms with Crippen molar-refractivity contribution in [2.45, 2.75) is 76.6 Å². The molecule has 4 rings (SSSR count). The first-order valence-corrected chi connectivity index (χ1v) is 15.0. The second-order valence-corrected chi connectivity index (χ2v) is 11.2. The summed E-state index contributed by atoms with van der Waals surface area (Å²) in [6, 6.07) is 25.8. The Kier molecular flexibility index (Phi) is 12.7. The Hall–Kier alpha value is -3.60. The highest BCUT2D eigenvalue weighted by Crippen LogP contribution is 2.38. The fourth-order valence-corrected chi connectivity index (χ4v) is 5.27. The summed E-state index contributed by atoms with van der Waals surface area (Å²) in [5.41, 5.74) is 6.35. The summed E-state index contributed by atoms with van der Waals surface area (Å²) in [5.74, 6) is -0.442. The number of benzene rings is 3. The zero-order chi connectivity index (χ0) is 30.4. The Morgan fingerprint density at radius 2 is 1.47 bits per heavy atom. The summed E-state index contributed by atoms with van der Waals surface area (Å²) >= 11 is 0. The van der Waals surface area contributed by atoms with Gasteiger partial charge in [-0.2, -0.15) is 0 Å². The number of nitrogens with zero attached hydrogens (tertiary/aromatic N) is 1. The highest BCUT2D eigenvalue weighted by molar-refractivity contribution is 5.90. The number of carbonyl (C=O) groups excluding carboxylic acids is 2. The van der Waals surface area contributed by atoms with E-state index in [1.807, 2.05) is 66.7 Å². The third kappa shape index (κ3) is 10.6. The van der Waals surface area contributed by atoms with Crippen LogP contribution in [0.5, 0.6) is 0 Å². The summed E-state index contributed by atoms with van der Waals surface area (Å²) in [5, 5.41) is 20.9. The number of hydrogen-bond acceptors (Lipinski definition) is 7. The molecule has 9 nitrogen and oxygen atoms in total. The number of carbonyl (C=O) groups is 2. The third-order valence-corrected chi connectivity index (χ3v) is 7.57. The molecule has 9 heteroatoms. The van der Waals surface area contributed by atoms with Crippen LogP contribution >= 0.6 is 0 Å². The highest BCUT2D eigenvalue weighted by atomic mass is 16.7. The molecule has 2 amide bonds. The van der Waals surface area contributed by atoms with Crippen molar-refractivity contribution < 1.29 is 29.4 Å². The first kappa shape index (κ1) is 32.3. The number of unbranched alkanes of at least 4 members (excludes halogenated alkanes) is 3. The molecule has 0 aromatic heterocycles. The number of aliphatic hydroxyl groups is 1. The molecule has 1 aliphatic heterocycles. The summed E-state index contributed by atoms with van der Waals surface area (Å²) in [4.78, 5) is 25.7. The number of likely N-dealkylation sites (N-methyl/N-ethyl adjacent to an activating group) is 1. The molecule has 1 aliphatic rings. The Balaban J connectivity index is 1.34. The van der Waals surface area contributed by atoms with Crippen molar-refractivity contribution in [3.63, 3.8) is 0 Å². The molecule has 3 aromatic rings. The van der Waals surface area contributed by atoms with E-state index in [1.165, 1.54) is 5.56 Å². The summed E-state index contributed by atoms with van der Waals surface area (Å²) in [6.45, 7) is 1.55. The fraction of sp³-hybridized carbons (Fsp3) is 0.412. The van der Waals surface area contributed by atoms with Gasteiger partial charge in [0.25, 0.3) is 0 Å². The number of hydrogen-bond donors (Lipinski definition) is 4. The van der Waals surface area contributed by atoms with Crippen LogP contribution in [0.15, 0.2) is 78.9 Å². The van der Waals surface area contributed by atoms with Crippen molar-refractivity contribution in [2.24, 2.45) is 0 Å². The van der Waals surface area contributed by atoms with E-state index in [0.29, 0.717) is 24.9 Å². The van der Waals surface area contributed by atoms with Crippen LogP contribution in [0.1, 0.15) is 79.6 Å². The standard InChI is InChI=1S/C34H43N3O6/c1-37(22-25-9-5-4-6-10-25)23-30-21-31(27-15-13-26(24-38)14-16-27)43-34(42-30)28-17-19-29(20-18-28)35-32(39)11-7-2-3-8-12-33(40)36-41/h4-6,9-10,13-20,30-31,34,38,41H,2-3,7-8,11-12,21-24H2,1H3,(H,35,39)(H,36,40)/t30-,31+,34+/m0/s1. The van der Waals surface area contributed by atoms with Crippen LogP contribution in [0.25, 0.3) is 0 Å². The molecular weight excluding hydrogens is 546 g/mol. The van der Waals surface area contributed by atoms with E-state index < -0.39 is 6.29 Å². The second kappa shape index (κ2) is 16.9. The minimum absolute atomic E-state index is 0.00115. The third-order valence-electron chi connectivity index (χ3n) is 7.57. The van der Waals surface area contributed by atoms with Crippen LogP contribution in [0.3, 0.4) is 0 Å². The van der Waals surface area contributed by atoms with Crippen molar-refractivity contribution in [1.29, 1.82) is 0 Å². The largest absolute Gasteiger partial charge is 0.392 e. The predicted molar refractivity (Wildman–Crippen MR) is 164 cm³/mol. The van der Waals surface area contributed by atoms with Gasteiger partial charge < -0.3 is 19.9 Å². The maximum atomic E-state index is 12.4. The number of hydroxylamine groups is 1. The monoisotopic (exact) mass is 589 g/mol. The summed E-state index contributed by atoms with van der Waals surface area (Å²) in [6.07, 6.45) is 3.67. The molecule has 230 valence electrons. The minimum atomic E-state index is -0.566. The van der Waals surface area contributed by atoms with Gasteiger partial charge in [0.1, 0.15) is 0 Å². The van der Waals surface area contributed by atoms with E-state index in [0.717, 1.165) is 49.0 Å². The quantitative estimate of drug-likeness (QED) is 0.103. The second-order valence-electron chi connectivity index (χ2n) is 11.2. The number of rotatable bonds is 15. The molecule has 0 aliphatic carbocycles. The highest BCUT2D eigenvalue weighted by Gasteiger charge is 2.32. The molecule has 1 saturated heterocycles. The summed E-state index contributed by atoms with van der Waals surface area (Å²) in [7, 11) is 2.10. The lowest BCUT2D eigenvalue weighted by Gasteiger charge is -2.38. The lowest BCUT2D eigenvalue weighted by atomic mass is 9.99. The minimum Gasteiger partial charge on any atom is -0.392 e. The molecule has 0 unspecified atom stereocenters. The first-order chi connectivity index (χ1) is 20.9. The van der Waals surface area contributed by atoms with Gasteiger partial charge in [-0.15, -0.1) is 0 Å². The first-order valence-electron chi connectivity index (χ1n) is 15.0. The van der Waals surface area contributed by atoms with Crippen molar-refractivity contribution in [3.8, 4) is 0 Å². The molecule has 43 heavy (non-hydrogen) atoms. The number of ether oxygens (including phenoxy) is 2. The van der Waals surface area contributed by atoms with E-state index in [-0.39, 0.29) is 37.0 Å². The number of anilines is 1. The lowest BCUT2D eigenvalue weighted by Crippen LogP contribution is -2.37. The van der Waals surface area contributed by atoms with Gasteiger partial charge >= 0.3 is 0 Å². The molecule has 4 N–H and O–H groups in total. The van der Waals surface area contributed by atoms with E-state index in [2.05, 4.69) is 29.4 Å². The molecule has 1 heterocycles. The normalized spacial score (nSPS) is 18.4. The van der Waals surface area contributed by atoms with Crippen LogP contribution in [-0.4, -0.2) is 46.7 Å². The average molecular weight is 590 g/mol. The van der Waals surface area contributed by atoms with Crippen LogP contribution in [-0.2, 0) is 32.2 Å². The molecule has 3 atom stereocenters. The van der Waals surface area contributed by atoms with Crippen LogP contribution in [0.4, 0.5) is 5.69 Å². The summed E-state index contributed by atoms with van der Waals surface area (Å²) < 4.78 is 12.9. The molecule has 3 aromatic carbocycles. The Morgan fingerprint density at radius 1 is 0.814 bits per heavy atom. The zero-order valence-corrected chi connectivity index (χ0v) is 24.8. The smallest absolute Gasteiger partial charge is 0.243 e. The molecule has 1 fully saturated rings. The average Bonchev–Trinajstić information content (AvgIpc) is 3.03. The topological polar surface area (TPSA) is 120 Å². The van der Waals surface area contributed by atoms with Gasteiger partial charge in [0.05, 0.1) is 18.8 Å². The molecular formula is C34H43N3O6. The molecule has 0 spiro atoms. The van der Waals surface area contributed by atoms with Crippen molar-refractivity contribution >= 4 is 17.5 Å². The van der Waals surface area contributed by atoms with Crippen molar-refractivity contribution in [1.82, 2.24) is 10.4 Å². The van der Waals surface area contributed by atoms with Crippen molar-refractivity contribution in [3.05, 3.63) is 101 Å². The van der Waals surface area contributed by atoms with Crippen LogP contribution in [0.2, 0.25) is 0 Å². The molecule has 0 saturated carbocycles. The van der Waals surface area contributed by atoms with E-state index in [1.54, 1.807) is 5.48 Å². The maximum Gasteiger partial charge on any atom is 0.243 e. The van der Waals surface area contributed by atoms with Gasteiger partial charge in [-0.25, -0.2) is 5.48 Å². The van der Waals surface area contributed by atoms with Gasteiger partial charge in [-0.3, -0.25) is 19.7 Å². The van der Waals surface area contributed by atoms with Crippen molar-refractivity contribution in [2.75, 3.05) is 18.9 Å². The zero-order valence-electron chi connectivity index (χ0n) is 24.8. The Morgan fingerprint density at radius 3 is 2.12 bits per heavy atom.